The lowest BCUT2D eigenvalue weighted by Gasteiger charge is -2.35. The first kappa shape index (κ1) is 33.3. The topological polar surface area (TPSA) is 64.7 Å². The first-order valence-corrected chi connectivity index (χ1v) is 15.0. The summed E-state index contributed by atoms with van der Waals surface area (Å²) < 4.78 is 19.0. The monoisotopic (exact) mass is 628 g/mol. The Balaban J connectivity index is 0.00000462. The van der Waals surface area contributed by atoms with Crippen molar-refractivity contribution in [2.24, 2.45) is 5.92 Å². The Bertz CT molecular complexity index is 1170. The Kier molecular flexibility index (Phi) is 12.0. The lowest BCUT2D eigenvalue weighted by Crippen LogP contribution is -3.00. The highest BCUT2D eigenvalue weighted by atomic mass is 79.9. The van der Waals surface area contributed by atoms with Crippen LogP contribution in [0, 0.1) is 5.92 Å². The van der Waals surface area contributed by atoms with Gasteiger partial charge in [0, 0.05) is 5.92 Å². The molecular formula is C34H49BrN2O4. The third kappa shape index (κ3) is 9.67. The summed E-state index contributed by atoms with van der Waals surface area (Å²) in [5.41, 5.74) is 0.570. The van der Waals surface area contributed by atoms with Crippen LogP contribution in [0.4, 0.5) is 0 Å². The lowest BCUT2D eigenvalue weighted by molar-refractivity contribution is -0.905. The largest absolute Gasteiger partial charge is 1.00 e. The van der Waals surface area contributed by atoms with Crippen molar-refractivity contribution in [2.75, 3.05) is 27.2 Å². The maximum atomic E-state index is 12.3. The minimum atomic E-state index is -1.22. The lowest BCUT2D eigenvalue weighted by atomic mass is 9.74. The van der Waals surface area contributed by atoms with Crippen molar-refractivity contribution in [2.45, 2.75) is 90.1 Å². The molecule has 226 valence electrons. The fraction of sp³-hybridized carbons (Fsp3) is 0.559. The third-order valence-electron chi connectivity index (χ3n) is 7.83. The number of ether oxygens (including phenoxy) is 2. The van der Waals surface area contributed by atoms with E-state index in [0.29, 0.717) is 30.1 Å². The number of rotatable bonds is 11. The van der Waals surface area contributed by atoms with Crippen molar-refractivity contribution in [1.29, 1.82) is 0 Å². The summed E-state index contributed by atoms with van der Waals surface area (Å²) in [6.07, 6.45) is 9.76. The molecule has 3 aromatic rings. The molecule has 1 N–H and O–H groups in total. The van der Waals surface area contributed by atoms with Gasteiger partial charge in [0.15, 0.2) is 11.4 Å². The molecule has 0 aliphatic heterocycles. The van der Waals surface area contributed by atoms with Crippen LogP contribution in [0.2, 0.25) is 0 Å². The maximum absolute atomic E-state index is 12.3. The summed E-state index contributed by atoms with van der Waals surface area (Å²) in [5.74, 6) is 2.17. The van der Waals surface area contributed by atoms with Gasteiger partial charge in [-0.1, -0.05) is 74.6 Å². The molecule has 0 saturated heterocycles. The molecule has 7 heteroatoms. The van der Waals surface area contributed by atoms with Gasteiger partial charge in [0.25, 0.3) is 0 Å². The van der Waals surface area contributed by atoms with Crippen LogP contribution in [-0.2, 0) is 23.5 Å². The summed E-state index contributed by atoms with van der Waals surface area (Å²) in [7, 11) is 4.34. The molecule has 0 radical (unpaired) electrons. The number of quaternary nitrogens is 1. The van der Waals surface area contributed by atoms with Gasteiger partial charge in [0.05, 0.1) is 33.5 Å². The zero-order valence-corrected chi connectivity index (χ0v) is 27.2. The second kappa shape index (κ2) is 14.8. The van der Waals surface area contributed by atoms with Crippen molar-refractivity contribution >= 4 is 0 Å². The molecule has 1 heterocycles. The average molecular weight is 630 g/mol. The van der Waals surface area contributed by atoms with E-state index >= 15 is 0 Å². The number of oxazole rings is 1. The standard InChI is InChI=1S/C34H49N2O4.BrH/c1-33(2,3)40-30-20-18-27(19-21-30)26-38-23-22-36(4,5)25-31-24-35-32(39-31)34(37,29-16-12-9-13-17-29)28-14-10-7-6-8-11-15-28;/h9,12-13,16-21,24,28,37H,6-8,10-11,14-15,22-23,25-26H2,1-5H3;1H/q+1;/p-1. The zero-order valence-electron chi connectivity index (χ0n) is 25.6. The van der Waals surface area contributed by atoms with Crippen molar-refractivity contribution in [1.82, 2.24) is 4.98 Å². The normalized spacial score (nSPS) is 16.7. The summed E-state index contributed by atoms with van der Waals surface area (Å²) in [6.45, 7) is 8.83. The minimum Gasteiger partial charge on any atom is -1.00 e. The number of hydrogen-bond donors (Lipinski definition) is 1. The zero-order chi connectivity index (χ0) is 28.6. The predicted octanol–water partition coefficient (Wildman–Crippen LogP) is 4.25. The molecule has 6 nitrogen and oxygen atoms in total. The maximum Gasteiger partial charge on any atom is 0.231 e. The van der Waals surface area contributed by atoms with Crippen LogP contribution in [0.15, 0.2) is 65.2 Å². The first-order valence-electron chi connectivity index (χ1n) is 15.0. The number of likely N-dealkylation sites (N-methyl/N-ethyl adjacent to an activating group) is 1. The molecular weight excluding hydrogens is 580 g/mol. The van der Waals surface area contributed by atoms with Crippen molar-refractivity contribution in [3.63, 3.8) is 0 Å². The van der Waals surface area contributed by atoms with Crippen LogP contribution >= 0.6 is 0 Å². The Labute approximate surface area is 257 Å². The van der Waals surface area contributed by atoms with E-state index < -0.39 is 5.60 Å². The van der Waals surface area contributed by atoms with Gasteiger partial charge in [-0.2, -0.15) is 0 Å². The highest BCUT2D eigenvalue weighted by Crippen LogP contribution is 2.42. The second-order valence-corrected chi connectivity index (χ2v) is 13.0. The van der Waals surface area contributed by atoms with E-state index in [9.17, 15) is 5.11 Å². The number of halogens is 1. The summed E-state index contributed by atoms with van der Waals surface area (Å²) in [5, 5.41) is 12.3. The van der Waals surface area contributed by atoms with Crippen LogP contribution in [0.25, 0.3) is 0 Å². The predicted molar refractivity (Wildman–Crippen MR) is 159 cm³/mol. The molecule has 1 aliphatic rings. The van der Waals surface area contributed by atoms with Gasteiger partial charge >= 0.3 is 0 Å². The van der Waals surface area contributed by atoms with E-state index in [0.717, 1.165) is 54.9 Å². The second-order valence-electron chi connectivity index (χ2n) is 13.0. The Hall–Kier alpha value is -2.19. The fourth-order valence-corrected chi connectivity index (χ4v) is 5.67. The van der Waals surface area contributed by atoms with Crippen LogP contribution in [0.1, 0.15) is 88.5 Å². The molecule has 1 fully saturated rings. The van der Waals surface area contributed by atoms with Crippen molar-refractivity contribution in [3.8, 4) is 5.75 Å². The van der Waals surface area contributed by atoms with Crippen LogP contribution in [0.3, 0.4) is 0 Å². The summed E-state index contributed by atoms with van der Waals surface area (Å²) in [4.78, 5) is 4.68. The molecule has 2 aromatic carbocycles. The number of benzene rings is 2. The van der Waals surface area contributed by atoms with Gasteiger partial charge < -0.3 is 40.5 Å². The molecule has 0 bridgehead atoms. The van der Waals surface area contributed by atoms with Gasteiger partial charge in [-0.3, -0.25) is 0 Å². The summed E-state index contributed by atoms with van der Waals surface area (Å²) >= 11 is 0. The van der Waals surface area contributed by atoms with E-state index in [1.165, 1.54) is 19.3 Å². The third-order valence-corrected chi connectivity index (χ3v) is 7.83. The smallest absolute Gasteiger partial charge is 0.231 e. The van der Waals surface area contributed by atoms with Crippen LogP contribution < -0.4 is 21.7 Å². The van der Waals surface area contributed by atoms with E-state index in [1.54, 1.807) is 6.20 Å². The van der Waals surface area contributed by atoms with Crippen molar-refractivity contribution < 1.29 is 40.5 Å². The van der Waals surface area contributed by atoms with Gasteiger partial charge in [0.1, 0.15) is 24.4 Å². The molecule has 1 saturated carbocycles. The molecule has 1 unspecified atom stereocenters. The van der Waals surface area contributed by atoms with Gasteiger partial charge in [-0.25, -0.2) is 4.98 Å². The number of hydrogen-bond acceptors (Lipinski definition) is 5. The highest BCUT2D eigenvalue weighted by molar-refractivity contribution is 5.30. The minimum absolute atomic E-state index is 0. The average Bonchev–Trinajstić information content (AvgIpc) is 3.35. The fourth-order valence-electron chi connectivity index (χ4n) is 5.67. The Morgan fingerprint density at radius 3 is 2.20 bits per heavy atom. The van der Waals surface area contributed by atoms with Gasteiger partial charge in [0.2, 0.25) is 5.89 Å². The SMILES string of the molecule is CC(C)(C)Oc1ccc(COCC[N+](C)(C)Cc2cnc(C(O)(c3ccccc3)C3CCCCCCC3)o2)cc1.[Br-]. The molecule has 4 rings (SSSR count). The van der Waals surface area contributed by atoms with Gasteiger partial charge in [-0.15, -0.1) is 0 Å². The molecule has 0 spiro atoms. The number of nitrogens with zero attached hydrogens (tertiary/aromatic N) is 2. The molecule has 0 amide bonds. The van der Waals surface area contributed by atoms with Crippen molar-refractivity contribution in [3.05, 3.63) is 83.6 Å². The van der Waals surface area contributed by atoms with E-state index in [2.05, 4.69) is 31.2 Å². The first-order chi connectivity index (χ1) is 19.1. The molecule has 41 heavy (non-hydrogen) atoms. The van der Waals surface area contributed by atoms with Crippen LogP contribution in [0.5, 0.6) is 5.75 Å². The highest BCUT2D eigenvalue weighted by Gasteiger charge is 2.44. The Morgan fingerprint density at radius 1 is 0.927 bits per heavy atom. The van der Waals surface area contributed by atoms with E-state index in [1.807, 2.05) is 63.2 Å². The molecule has 1 aromatic heterocycles. The van der Waals surface area contributed by atoms with Gasteiger partial charge in [-0.05, 0) is 56.9 Å². The van der Waals surface area contributed by atoms with E-state index in [-0.39, 0.29) is 28.5 Å². The van der Waals surface area contributed by atoms with Crippen LogP contribution in [-0.4, -0.2) is 47.4 Å². The van der Waals surface area contributed by atoms with E-state index in [4.69, 9.17) is 13.9 Å². The summed E-state index contributed by atoms with van der Waals surface area (Å²) in [6, 6.07) is 18.1. The molecule has 1 aliphatic carbocycles. The number of aliphatic hydroxyl groups is 1. The quantitative estimate of drug-likeness (QED) is 0.254. The molecule has 1 atom stereocenters. The number of aromatic nitrogens is 1. The Morgan fingerprint density at radius 2 is 1.56 bits per heavy atom.